The fraction of sp³-hybridized carbons (Fsp3) is 0.500. The van der Waals surface area contributed by atoms with Gasteiger partial charge in [0.1, 0.15) is 36.7 Å². The number of hydrogen-bond donors (Lipinski definition) is 9. The van der Waals surface area contributed by atoms with E-state index in [0.29, 0.717) is 9.13 Å². The van der Waals surface area contributed by atoms with Crippen LogP contribution in [0.4, 0.5) is 29.2 Å². The van der Waals surface area contributed by atoms with E-state index in [-0.39, 0.29) is 11.6 Å². The van der Waals surface area contributed by atoms with Crippen LogP contribution in [-0.2, 0) is 28.7 Å². The summed E-state index contributed by atoms with van der Waals surface area (Å²) < 4.78 is 65.8. The van der Waals surface area contributed by atoms with Gasteiger partial charge >= 0.3 is 41.1 Å². The molecule has 2 aromatic heterocycles. The Kier molecular flexibility index (Phi) is 13.4. The van der Waals surface area contributed by atoms with Gasteiger partial charge in [0.25, 0.3) is 0 Å². The van der Waals surface area contributed by atoms with E-state index >= 15 is 0 Å². The lowest BCUT2D eigenvalue weighted by molar-refractivity contribution is -0.147. The van der Waals surface area contributed by atoms with Crippen LogP contribution >= 0.6 is 0 Å². The lowest BCUT2D eigenvalue weighted by atomic mass is 10.1. The minimum atomic E-state index is -3.85. The number of carbonyl (C=O) groups is 4. The zero-order chi connectivity index (χ0) is 37.4. The molecule has 10 N–H and O–H groups in total. The number of nitrogens with zero attached hydrogens (tertiary/aromatic N) is 4. The molecule has 272 valence electrons. The molecular formula is C24H28F4N6O15. The van der Waals surface area contributed by atoms with Gasteiger partial charge in [-0.3, -0.25) is 28.3 Å². The van der Waals surface area contributed by atoms with Crippen molar-refractivity contribution in [1.82, 2.24) is 19.1 Å². The summed E-state index contributed by atoms with van der Waals surface area (Å²) in [5.74, 6) is -13.0. The molecule has 6 atom stereocenters. The molecule has 4 rings (SSSR count). The number of aliphatic carboxylic acids is 3. The lowest BCUT2D eigenvalue weighted by Crippen LogP contribution is -2.41. The summed E-state index contributed by atoms with van der Waals surface area (Å²) in [5, 5.41) is 62.3. The second-order valence-electron chi connectivity index (χ2n) is 9.79. The number of aliphatic hydroxyl groups is 4. The largest absolute Gasteiger partial charge is 0.481 e. The van der Waals surface area contributed by atoms with E-state index in [2.05, 4.69) is 9.97 Å². The van der Waals surface area contributed by atoms with Crippen LogP contribution in [0, 0.1) is 0 Å². The number of ether oxygens (including phenoxy) is 2. The lowest BCUT2D eigenvalue weighted by Gasteiger charge is -2.21. The Labute approximate surface area is 268 Å². The van der Waals surface area contributed by atoms with Gasteiger partial charge in [0.05, 0.1) is 13.2 Å². The Morgan fingerprint density at radius 3 is 1.51 bits per heavy atom. The SMILES string of the molecule is Nc1ccn([C@@H]2O[C@H](CO)C(O)C2(F)F)c(=O)n1.O=C(O)CC(=O)Nc1ccn([C@@H]2O[C@H](CO)C(O)C2(F)F)c(=O)n1.O=C(O)CC(=O)O. The molecule has 0 radical (unpaired) electrons. The monoisotopic (exact) mass is 716 g/mol. The topological polar surface area (TPSA) is 336 Å². The maximum atomic E-state index is 14.0. The first-order valence-electron chi connectivity index (χ1n) is 13.2. The van der Waals surface area contributed by atoms with Crippen LogP contribution in [0.1, 0.15) is 25.3 Å². The average molecular weight is 717 g/mol. The first kappa shape index (κ1) is 40.1. The summed E-state index contributed by atoms with van der Waals surface area (Å²) in [5.41, 5.74) is 2.99. The molecule has 0 aliphatic carbocycles. The number of aromatic nitrogens is 4. The highest BCUT2D eigenvalue weighted by Gasteiger charge is 2.60. The zero-order valence-corrected chi connectivity index (χ0v) is 24.4. The summed E-state index contributed by atoms with van der Waals surface area (Å²) in [6, 6.07) is 2.14. The number of amides is 1. The third kappa shape index (κ3) is 9.97. The van der Waals surface area contributed by atoms with E-state index in [1.165, 1.54) is 0 Å². The number of halogens is 4. The van der Waals surface area contributed by atoms with Crippen molar-refractivity contribution in [3.63, 3.8) is 0 Å². The molecular weight excluding hydrogens is 688 g/mol. The molecule has 0 saturated carbocycles. The second kappa shape index (κ2) is 16.3. The molecule has 2 aliphatic rings. The van der Waals surface area contributed by atoms with Crippen molar-refractivity contribution in [2.45, 2.75) is 61.6 Å². The Morgan fingerprint density at radius 2 is 1.18 bits per heavy atom. The zero-order valence-electron chi connectivity index (χ0n) is 24.4. The van der Waals surface area contributed by atoms with Gasteiger partial charge < -0.3 is 56.3 Å². The summed E-state index contributed by atoms with van der Waals surface area (Å²) in [4.78, 5) is 70.4. The number of nitrogen functional groups attached to an aromatic ring is 1. The first-order chi connectivity index (χ1) is 22.7. The maximum absolute atomic E-state index is 14.0. The molecule has 49 heavy (non-hydrogen) atoms. The van der Waals surface area contributed by atoms with Crippen LogP contribution in [0.5, 0.6) is 0 Å². The average Bonchev–Trinajstić information content (AvgIpc) is 3.34. The number of anilines is 2. The van der Waals surface area contributed by atoms with Gasteiger partial charge in [-0.1, -0.05) is 0 Å². The molecule has 2 fully saturated rings. The van der Waals surface area contributed by atoms with Crippen LogP contribution in [0.3, 0.4) is 0 Å². The number of nitrogens with two attached hydrogens (primary N) is 1. The number of rotatable bonds is 9. The Bertz CT molecular complexity index is 1630. The van der Waals surface area contributed by atoms with Gasteiger partial charge in [-0.25, -0.2) is 9.59 Å². The van der Waals surface area contributed by atoms with Crippen molar-refractivity contribution >= 4 is 35.5 Å². The summed E-state index contributed by atoms with van der Waals surface area (Å²) >= 11 is 0. The number of carbonyl (C=O) groups excluding carboxylic acids is 1. The first-order valence-corrected chi connectivity index (χ1v) is 13.2. The van der Waals surface area contributed by atoms with E-state index in [9.17, 15) is 56.5 Å². The van der Waals surface area contributed by atoms with Gasteiger partial charge in [0.2, 0.25) is 18.4 Å². The third-order valence-corrected chi connectivity index (χ3v) is 6.19. The Balaban J connectivity index is 0.000000293. The quantitative estimate of drug-likeness (QED) is 0.0911. The molecule has 0 spiro atoms. The molecule has 2 saturated heterocycles. The predicted octanol–water partition coefficient (Wildman–Crippen LogP) is -3.20. The van der Waals surface area contributed by atoms with E-state index in [1.807, 2.05) is 5.32 Å². The fourth-order valence-corrected chi connectivity index (χ4v) is 3.96. The van der Waals surface area contributed by atoms with E-state index in [0.717, 1.165) is 24.5 Å². The molecule has 2 unspecified atom stereocenters. The Hall–Kier alpha value is -5.08. The number of hydrogen-bond acceptors (Lipinski definition) is 15. The summed E-state index contributed by atoms with van der Waals surface area (Å²) in [6.07, 6.45) is -11.6. The highest BCUT2D eigenvalue weighted by molar-refractivity contribution is 6.00. The second-order valence-corrected chi connectivity index (χ2v) is 9.79. The van der Waals surface area contributed by atoms with Gasteiger partial charge in [0, 0.05) is 12.4 Å². The fourth-order valence-electron chi connectivity index (χ4n) is 3.96. The van der Waals surface area contributed by atoms with Crippen molar-refractivity contribution in [3.8, 4) is 0 Å². The standard InChI is InChI=1S/C12H13F2N3O7.C9H11F2N3O4.C3H4O4/c13-12(14)9(22)5(4-18)24-10(12)17-2-1-6(16-11(17)23)15-7(19)3-8(20)21;10-9(11)6(16)4(3-15)18-7(9)14-2-1-5(12)13-8(14)17;4-2(5)1-3(6)7/h1-2,5,9-10,18,22H,3-4H2,(H,20,21)(H,15,16,19,23);1-2,4,6-7,15-16H,3H2,(H2,12,13,17);1H2,(H,4,5)(H,6,7)/t5-,9?,10-;4-,6?,7-;/m11./s1. The normalized spacial score (nSPS) is 24.8. The van der Waals surface area contributed by atoms with Crippen molar-refractivity contribution in [3.05, 3.63) is 45.5 Å². The van der Waals surface area contributed by atoms with E-state index in [4.69, 9.17) is 40.7 Å². The maximum Gasteiger partial charge on any atom is 0.351 e. The number of aliphatic hydroxyl groups excluding tert-OH is 4. The molecule has 1 amide bonds. The molecule has 0 aromatic carbocycles. The number of nitrogens with one attached hydrogen (secondary N) is 1. The minimum Gasteiger partial charge on any atom is -0.481 e. The number of carboxylic acid groups (broad SMARTS) is 3. The third-order valence-electron chi connectivity index (χ3n) is 6.19. The predicted molar refractivity (Wildman–Crippen MR) is 146 cm³/mol. The van der Waals surface area contributed by atoms with Crippen molar-refractivity contribution in [1.29, 1.82) is 0 Å². The molecule has 2 aromatic rings. The highest BCUT2D eigenvalue weighted by Crippen LogP contribution is 2.43. The van der Waals surface area contributed by atoms with Crippen LogP contribution in [0.25, 0.3) is 0 Å². The molecule has 0 bridgehead atoms. The molecule has 25 heteroatoms. The summed E-state index contributed by atoms with van der Waals surface area (Å²) in [6.45, 7) is -1.66. The Morgan fingerprint density at radius 1 is 0.776 bits per heavy atom. The smallest absolute Gasteiger partial charge is 0.351 e. The van der Waals surface area contributed by atoms with Crippen LogP contribution in [0.2, 0.25) is 0 Å². The van der Waals surface area contributed by atoms with E-state index < -0.39 is 110 Å². The minimum absolute atomic E-state index is 0.114. The number of carboxylic acids is 3. The van der Waals surface area contributed by atoms with Crippen LogP contribution in [-0.4, -0.2) is 128 Å². The highest BCUT2D eigenvalue weighted by atomic mass is 19.3. The molecule has 21 nitrogen and oxygen atoms in total. The van der Waals surface area contributed by atoms with Crippen molar-refractivity contribution in [2.75, 3.05) is 24.3 Å². The van der Waals surface area contributed by atoms with Crippen LogP contribution < -0.4 is 22.4 Å². The molecule has 4 heterocycles. The van der Waals surface area contributed by atoms with E-state index in [1.54, 1.807) is 0 Å². The van der Waals surface area contributed by atoms with Gasteiger partial charge in [-0.15, -0.1) is 0 Å². The van der Waals surface area contributed by atoms with Crippen molar-refractivity contribution in [2.24, 2.45) is 0 Å². The van der Waals surface area contributed by atoms with Crippen LogP contribution in [0.15, 0.2) is 34.1 Å². The van der Waals surface area contributed by atoms with Gasteiger partial charge in [0.15, 0.2) is 12.2 Å². The van der Waals surface area contributed by atoms with Gasteiger partial charge in [-0.2, -0.15) is 27.5 Å². The van der Waals surface area contributed by atoms with Crippen molar-refractivity contribution < 1.29 is 82.0 Å². The summed E-state index contributed by atoms with van der Waals surface area (Å²) in [7, 11) is 0. The number of alkyl halides is 4. The van der Waals surface area contributed by atoms with Gasteiger partial charge in [-0.05, 0) is 12.1 Å². The molecule has 2 aliphatic heterocycles.